The van der Waals surface area contributed by atoms with Crippen molar-refractivity contribution in [1.82, 2.24) is 29.3 Å². The topological polar surface area (TPSA) is 118 Å². The fraction of sp³-hybridized carbons (Fsp3) is 0.367. The minimum atomic E-state index is -0.479. The Kier molecular flexibility index (Phi) is 8.55. The van der Waals surface area contributed by atoms with Gasteiger partial charge >= 0.3 is 5.69 Å². The molecule has 3 heterocycles. The smallest absolute Gasteiger partial charge is 0.354 e. The van der Waals surface area contributed by atoms with Gasteiger partial charge in [-0.15, -0.1) is 0 Å². The molecule has 0 atom stereocenters. The average Bonchev–Trinajstić information content (AvgIpc) is 3.00. The maximum atomic E-state index is 13.2. The molecule has 41 heavy (non-hydrogen) atoms. The number of ether oxygens (including phenoxy) is 1. The molecule has 0 unspecified atom stereocenters. The third-order valence-electron chi connectivity index (χ3n) is 7.48. The summed E-state index contributed by atoms with van der Waals surface area (Å²) in [4.78, 5) is 44.1. The molecule has 0 bridgehead atoms. The molecule has 0 spiro atoms. The number of hydrogen-bond acceptors (Lipinski definition) is 9. The monoisotopic (exact) mass is 556 g/mol. The number of benzene rings is 2. The Morgan fingerprint density at radius 1 is 1.00 bits per heavy atom. The first kappa shape index (κ1) is 28.2. The molecule has 2 aromatic carbocycles. The van der Waals surface area contributed by atoms with E-state index < -0.39 is 5.69 Å². The summed E-state index contributed by atoms with van der Waals surface area (Å²) in [6.07, 6.45) is 2.20. The Balaban J connectivity index is 1.38. The van der Waals surface area contributed by atoms with Crippen LogP contribution >= 0.6 is 0 Å². The highest BCUT2D eigenvalue weighted by molar-refractivity contribution is 6.04. The zero-order valence-electron chi connectivity index (χ0n) is 24.0. The van der Waals surface area contributed by atoms with Gasteiger partial charge < -0.3 is 20.3 Å². The van der Waals surface area contributed by atoms with Crippen LogP contribution in [0.1, 0.15) is 35.5 Å². The number of carbonyl (C=O) groups excluding carboxylic acids is 1. The summed E-state index contributed by atoms with van der Waals surface area (Å²) in [6, 6.07) is 12.9. The van der Waals surface area contributed by atoms with E-state index in [1.54, 1.807) is 38.6 Å². The first-order valence-electron chi connectivity index (χ1n) is 13.9. The van der Waals surface area contributed by atoms with E-state index in [1.807, 2.05) is 31.2 Å². The number of hydrogen-bond donors (Lipinski definition) is 2. The molecular weight excluding hydrogens is 520 g/mol. The molecule has 1 saturated heterocycles. The number of anilines is 2. The predicted octanol–water partition coefficient (Wildman–Crippen LogP) is 3.18. The van der Waals surface area contributed by atoms with Crippen LogP contribution in [0.3, 0.4) is 0 Å². The number of aromatic nitrogens is 4. The molecule has 0 radical (unpaired) electrons. The van der Waals surface area contributed by atoms with E-state index >= 15 is 0 Å². The lowest BCUT2D eigenvalue weighted by Gasteiger charge is -2.34. The van der Waals surface area contributed by atoms with Crippen LogP contribution in [0.4, 0.5) is 11.6 Å². The number of nitrogens with one attached hydrogen (secondary N) is 2. The first-order valence-corrected chi connectivity index (χ1v) is 13.9. The van der Waals surface area contributed by atoms with Crippen LogP contribution in [-0.4, -0.2) is 82.1 Å². The maximum absolute atomic E-state index is 13.2. The van der Waals surface area contributed by atoms with E-state index in [0.29, 0.717) is 51.8 Å². The zero-order valence-corrected chi connectivity index (χ0v) is 24.0. The van der Waals surface area contributed by atoms with Crippen LogP contribution in [0.5, 0.6) is 5.75 Å². The summed E-state index contributed by atoms with van der Waals surface area (Å²) < 4.78 is 7.02. The van der Waals surface area contributed by atoms with Crippen LogP contribution in [0.15, 0.2) is 53.5 Å². The van der Waals surface area contributed by atoms with Gasteiger partial charge in [0.1, 0.15) is 5.75 Å². The van der Waals surface area contributed by atoms with Crippen molar-refractivity contribution in [3.8, 4) is 11.4 Å². The highest BCUT2D eigenvalue weighted by atomic mass is 16.5. The van der Waals surface area contributed by atoms with Gasteiger partial charge in [0.05, 0.1) is 18.2 Å². The van der Waals surface area contributed by atoms with Crippen LogP contribution in [0.25, 0.3) is 16.7 Å². The molecule has 0 saturated carbocycles. The molecule has 1 aliphatic heterocycles. The Morgan fingerprint density at radius 3 is 2.39 bits per heavy atom. The summed E-state index contributed by atoms with van der Waals surface area (Å²) >= 11 is 0. The Labute approximate surface area is 239 Å². The normalized spacial score (nSPS) is 14.2. The summed E-state index contributed by atoms with van der Waals surface area (Å²) in [5, 5.41) is 6.50. The van der Waals surface area contributed by atoms with Crippen molar-refractivity contribution in [2.24, 2.45) is 0 Å². The number of carbonyl (C=O) groups is 1. The third-order valence-corrected chi connectivity index (χ3v) is 7.48. The van der Waals surface area contributed by atoms with E-state index in [-0.39, 0.29) is 5.91 Å². The molecular formula is C30H36N8O3. The Hall–Kier alpha value is -4.35. The standard InChI is InChI=1S/C30H36N8O3/c1-5-26-25-18-32-29(31-3)34-27(25)35-30(40)38(26)23-15-22(16-24(17-23)41-4)33-28(39)21-9-7-20(8-10-21)19-37-13-11-36(6-2)12-14-37/h7-10,15-18H,5-6,11-14,19H2,1-4H3,(H,33,39)(H,31,34,35,40). The maximum Gasteiger partial charge on any atom is 0.354 e. The molecule has 214 valence electrons. The SMILES string of the molecule is CCc1c2cnc(NC)nc2nc(=O)n1-c1cc(NC(=O)c2ccc(CN3CCN(CC)CC3)cc2)cc(OC)c1. The van der Waals surface area contributed by atoms with Crippen LogP contribution in [0.2, 0.25) is 0 Å². The summed E-state index contributed by atoms with van der Waals surface area (Å²) in [6.45, 7) is 10.4. The van der Waals surface area contributed by atoms with Gasteiger partial charge in [-0.25, -0.2) is 9.78 Å². The quantitative estimate of drug-likeness (QED) is 0.321. The molecule has 4 aromatic rings. The number of amides is 1. The Bertz CT molecular complexity index is 1590. The van der Waals surface area contributed by atoms with Gasteiger partial charge in [-0.2, -0.15) is 9.97 Å². The molecule has 5 rings (SSSR count). The lowest BCUT2D eigenvalue weighted by molar-refractivity contribution is 0.102. The predicted molar refractivity (Wildman–Crippen MR) is 160 cm³/mol. The lowest BCUT2D eigenvalue weighted by Crippen LogP contribution is -2.45. The van der Waals surface area contributed by atoms with Gasteiger partial charge in [-0.1, -0.05) is 26.0 Å². The summed E-state index contributed by atoms with van der Waals surface area (Å²) in [7, 11) is 3.25. The fourth-order valence-corrected chi connectivity index (χ4v) is 5.16. The van der Waals surface area contributed by atoms with Gasteiger partial charge in [0.25, 0.3) is 5.91 Å². The van der Waals surface area contributed by atoms with Crippen LogP contribution < -0.4 is 21.1 Å². The first-order chi connectivity index (χ1) is 19.9. The lowest BCUT2D eigenvalue weighted by atomic mass is 10.1. The van der Waals surface area contributed by atoms with Gasteiger partial charge in [-0.05, 0) is 36.7 Å². The number of fused-ring (bicyclic) bond motifs is 1. The van der Waals surface area contributed by atoms with Gasteiger partial charge in [0.2, 0.25) is 5.95 Å². The number of nitrogens with zero attached hydrogens (tertiary/aromatic N) is 6. The third kappa shape index (κ3) is 6.21. The molecule has 1 amide bonds. The van der Waals surface area contributed by atoms with Crippen molar-refractivity contribution >= 4 is 28.6 Å². The second-order valence-electron chi connectivity index (χ2n) is 9.99. The van der Waals surface area contributed by atoms with Gasteiger partial charge in [0.15, 0.2) is 5.65 Å². The number of piperazine rings is 1. The van der Waals surface area contributed by atoms with Crippen molar-refractivity contribution in [2.75, 3.05) is 57.5 Å². The molecule has 0 aliphatic carbocycles. The molecule has 11 nitrogen and oxygen atoms in total. The van der Waals surface area contributed by atoms with Crippen LogP contribution in [-0.2, 0) is 13.0 Å². The number of methoxy groups -OCH3 is 1. The second kappa shape index (κ2) is 12.4. The molecule has 1 aliphatic rings. The van der Waals surface area contributed by atoms with Crippen molar-refractivity contribution in [3.63, 3.8) is 0 Å². The minimum absolute atomic E-state index is 0.250. The van der Waals surface area contributed by atoms with Crippen molar-refractivity contribution in [2.45, 2.75) is 26.8 Å². The van der Waals surface area contributed by atoms with Crippen molar-refractivity contribution < 1.29 is 9.53 Å². The number of likely N-dealkylation sites (N-methyl/N-ethyl adjacent to an activating group) is 1. The number of aryl methyl sites for hydroxylation is 1. The van der Waals surface area contributed by atoms with Crippen molar-refractivity contribution in [3.05, 3.63) is 76.0 Å². The van der Waals surface area contributed by atoms with Gasteiger partial charge in [0, 0.05) is 75.0 Å². The average molecular weight is 557 g/mol. The van der Waals surface area contributed by atoms with E-state index in [0.717, 1.165) is 39.3 Å². The molecule has 2 N–H and O–H groups in total. The largest absolute Gasteiger partial charge is 0.497 e. The highest BCUT2D eigenvalue weighted by Gasteiger charge is 2.18. The summed E-state index contributed by atoms with van der Waals surface area (Å²) in [5.41, 5.74) is 3.30. The molecule has 2 aromatic heterocycles. The van der Waals surface area contributed by atoms with Gasteiger partial charge in [-0.3, -0.25) is 14.3 Å². The van der Waals surface area contributed by atoms with Crippen molar-refractivity contribution in [1.29, 1.82) is 0 Å². The zero-order chi connectivity index (χ0) is 28.9. The fourth-order valence-electron chi connectivity index (χ4n) is 5.16. The Morgan fingerprint density at radius 2 is 1.73 bits per heavy atom. The van der Waals surface area contributed by atoms with E-state index in [2.05, 4.69) is 42.3 Å². The van der Waals surface area contributed by atoms with Crippen LogP contribution in [0, 0.1) is 0 Å². The van der Waals surface area contributed by atoms with E-state index in [9.17, 15) is 9.59 Å². The molecule has 1 fully saturated rings. The molecule has 11 heteroatoms. The second-order valence-corrected chi connectivity index (χ2v) is 9.99. The highest BCUT2D eigenvalue weighted by Crippen LogP contribution is 2.26. The minimum Gasteiger partial charge on any atom is -0.497 e. The number of rotatable bonds is 9. The van der Waals surface area contributed by atoms with E-state index in [1.165, 1.54) is 10.1 Å². The van der Waals surface area contributed by atoms with E-state index in [4.69, 9.17) is 4.74 Å². The summed E-state index contributed by atoms with van der Waals surface area (Å²) in [5.74, 6) is 0.630.